The predicted octanol–water partition coefficient (Wildman–Crippen LogP) is 4.60. The second kappa shape index (κ2) is 5.87. The third kappa shape index (κ3) is 3.45. The quantitative estimate of drug-likeness (QED) is 0.710. The van der Waals surface area contributed by atoms with Crippen LogP contribution < -0.4 is 4.74 Å². The second-order valence-corrected chi connectivity index (χ2v) is 7.20. The van der Waals surface area contributed by atoms with E-state index in [2.05, 4.69) is 25.1 Å². The molecule has 2 heteroatoms. The molecule has 0 aromatic heterocycles. The lowest BCUT2D eigenvalue weighted by molar-refractivity contribution is 0.409. The van der Waals surface area contributed by atoms with Gasteiger partial charge in [-0.1, -0.05) is 44.4 Å². The van der Waals surface area contributed by atoms with Crippen LogP contribution in [-0.4, -0.2) is 12.3 Å². The Bertz CT molecular complexity index is 356. The van der Waals surface area contributed by atoms with Crippen LogP contribution in [0, 0.1) is 0 Å². The van der Waals surface area contributed by atoms with Crippen molar-refractivity contribution in [1.29, 1.82) is 0 Å². The normalized spacial score (nSPS) is 19.6. The first kappa shape index (κ1) is 12.9. The second-order valence-electron chi connectivity index (χ2n) is 5.29. The zero-order chi connectivity index (χ0) is 12.1. The van der Waals surface area contributed by atoms with Gasteiger partial charge in [0.2, 0.25) is 0 Å². The summed E-state index contributed by atoms with van der Waals surface area (Å²) in [5.74, 6) is 1.06. The molecule has 0 N–H and O–H groups in total. The molecule has 1 aliphatic rings. The Morgan fingerprint density at radius 2 is 1.88 bits per heavy atom. The van der Waals surface area contributed by atoms with Crippen LogP contribution in [0.1, 0.15) is 44.6 Å². The Morgan fingerprint density at radius 1 is 1.18 bits per heavy atom. The molecule has 0 heterocycles. The molecule has 1 nitrogen and oxygen atoms in total. The molecule has 1 fully saturated rings. The Labute approximate surface area is 107 Å². The largest absolute Gasteiger partial charge is 0.496 e. The summed E-state index contributed by atoms with van der Waals surface area (Å²) in [6.07, 6.45) is 8.31. The number of methoxy groups -OCH3 is 1. The minimum Gasteiger partial charge on any atom is -0.496 e. The molecule has 94 valence electrons. The fourth-order valence-corrected chi connectivity index (χ4v) is 4.28. The minimum atomic E-state index is 0.596. The van der Waals surface area contributed by atoms with Crippen molar-refractivity contribution in [2.45, 2.75) is 50.3 Å². The van der Waals surface area contributed by atoms with Crippen molar-refractivity contribution < 1.29 is 4.74 Å². The first-order chi connectivity index (χ1) is 8.23. The molecule has 1 aliphatic carbocycles. The SMILES string of the molecule is COc1ccccc1CPC1(C)CCCCC1. The van der Waals surface area contributed by atoms with Crippen LogP contribution in [0.4, 0.5) is 0 Å². The molecule has 0 bridgehead atoms. The van der Waals surface area contributed by atoms with E-state index in [0.29, 0.717) is 5.16 Å². The number of para-hydroxylation sites is 1. The van der Waals surface area contributed by atoms with Crippen molar-refractivity contribution >= 4 is 8.58 Å². The van der Waals surface area contributed by atoms with Crippen molar-refractivity contribution in [3.8, 4) is 5.75 Å². The van der Waals surface area contributed by atoms with Gasteiger partial charge in [0.25, 0.3) is 0 Å². The van der Waals surface area contributed by atoms with Crippen LogP contribution in [-0.2, 0) is 6.16 Å². The summed E-state index contributed by atoms with van der Waals surface area (Å²) < 4.78 is 5.42. The molecule has 0 radical (unpaired) electrons. The van der Waals surface area contributed by atoms with Gasteiger partial charge in [0.15, 0.2) is 0 Å². The van der Waals surface area contributed by atoms with Crippen LogP contribution >= 0.6 is 8.58 Å². The predicted molar refractivity (Wildman–Crippen MR) is 76.5 cm³/mol. The van der Waals surface area contributed by atoms with E-state index in [0.717, 1.165) is 14.3 Å². The third-order valence-electron chi connectivity index (χ3n) is 3.86. The van der Waals surface area contributed by atoms with Crippen LogP contribution in [0.3, 0.4) is 0 Å². The van der Waals surface area contributed by atoms with Crippen LogP contribution in [0.15, 0.2) is 24.3 Å². The fraction of sp³-hybridized carbons (Fsp3) is 0.600. The summed E-state index contributed by atoms with van der Waals surface area (Å²) >= 11 is 0. The average molecular weight is 250 g/mol. The lowest BCUT2D eigenvalue weighted by Gasteiger charge is -2.33. The molecule has 1 aromatic carbocycles. The van der Waals surface area contributed by atoms with Gasteiger partial charge in [-0.05, 0) is 35.8 Å². The maximum absolute atomic E-state index is 5.42. The van der Waals surface area contributed by atoms with Crippen molar-refractivity contribution in [1.82, 2.24) is 0 Å². The molecule has 17 heavy (non-hydrogen) atoms. The molecule has 2 rings (SSSR count). The molecule has 0 aliphatic heterocycles. The van der Waals surface area contributed by atoms with Gasteiger partial charge in [0.05, 0.1) is 7.11 Å². The molecule has 1 aromatic rings. The number of hydrogen-bond acceptors (Lipinski definition) is 1. The van der Waals surface area contributed by atoms with E-state index >= 15 is 0 Å². The van der Waals surface area contributed by atoms with Gasteiger partial charge >= 0.3 is 0 Å². The molecule has 0 amide bonds. The van der Waals surface area contributed by atoms with Crippen molar-refractivity contribution in [3.63, 3.8) is 0 Å². The highest BCUT2D eigenvalue weighted by molar-refractivity contribution is 7.39. The molecule has 1 atom stereocenters. The fourth-order valence-electron chi connectivity index (χ4n) is 2.67. The summed E-state index contributed by atoms with van der Waals surface area (Å²) in [5.41, 5.74) is 1.38. The zero-order valence-electron chi connectivity index (χ0n) is 11.0. The Morgan fingerprint density at radius 3 is 2.59 bits per heavy atom. The van der Waals surface area contributed by atoms with Crippen LogP contribution in [0.5, 0.6) is 5.75 Å². The summed E-state index contributed by atoms with van der Waals surface area (Å²) in [6, 6.07) is 8.44. The van der Waals surface area contributed by atoms with Crippen LogP contribution in [0.25, 0.3) is 0 Å². The lowest BCUT2D eigenvalue weighted by Crippen LogP contribution is -2.22. The summed E-state index contributed by atoms with van der Waals surface area (Å²) in [5, 5.41) is 0.596. The van der Waals surface area contributed by atoms with Gasteiger partial charge in [-0.15, -0.1) is 8.58 Å². The van der Waals surface area contributed by atoms with Crippen LogP contribution in [0.2, 0.25) is 0 Å². The van der Waals surface area contributed by atoms with E-state index < -0.39 is 0 Å². The van der Waals surface area contributed by atoms with Gasteiger partial charge in [0.1, 0.15) is 5.75 Å². The van der Waals surface area contributed by atoms with E-state index in [-0.39, 0.29) is 0 Å². The molecule has 0 spiro atoms. The van der Waals surface area contributed by atoms with Crippen molar-refractivity contribution in [2.24, 2.45) is 0 Å². The number of hydrogen-bond donors (Lipinski definition) is 0. The summed E-state index contributed by atoms with van der Waals surface area (Å²) in [6.45, 7) is 2.47. The maximum atomic E-state index is 5.42. The zero-order valence-corrected chi connectivity index (χ0v) is 12.0. The maximum Gasteiger partial charge on any atom is 0.122 e. The number of benzene rings is 1. The number of ether oxygens (including phenoxy) is 1. The third-order valence-corrected chi connectivity index (χ3v) is 5.77. The van der Waals surface area contributed by atoms with E-state index in [9.17, 15) is 0 Å². The van der Waals surface area contributed by atoms with E-state index in [1.54, 1.807) is 7.11 Å². The van der Waals surface area contributed by atoms with E-state index in [1.165, 1.54) is 43.8 Å². The Balaban J connectivity index is 1.96. The van der Waals surface area contributed by atoms with E-state index in [4.69, 9.17) is 4.74 Å². The van der Waals surface area contributed by atoms with Gasteiger partial charge in [-0.2, -0.15) is 0 Å². The highest BCUT2D eigenvalue weighted by atomic mass is 31.1. The molecule has 0 saturated heterocycles. The van der Waals surface area contributed by atoms with Gasteiger partial charge in [0, 0.05) is 0 Å². The standard InChI is InChI=1S/C15H23OP/c1-15(10-6-3-7-11-15)17-12-13-8-4-5-9-14(13)16-2/h4-5,8-9,17H,3,6-7,10-12H2,1-2H3. The van der Waals surface area contributed by atoms with E-state index in [1.807, 2.05) is 6.07 Å². The smallest absolute Gasteiger partial charge is 0.122 e. The number of rotatable bonds is 4. The highest BCUT2D eigenvalue weighted by Crippen LogP contribution is 2.46. The van der Waals surface area contributed by atoms with Gasteiger partial charge < -0.3 is 4.74 Å². The monoisotopic (exact) mass is 250 g/mol. The molecule has 1 saturated carbocycles. The highest BCUT2D eigenvalue weighted by Gasteiger charge is 2.26. The summed E-state index contributed by atoms with van der Waals surface area (Å²) in [7, 11) is 2.80. The summed E-state index contributed by atoms with van der Waals surface area (Å²) in [4.78, 5) is 0. The molecular formula is C15H23OP. The van der Waals surface area contributed by atoms with Gasteiger partial charge in [-0.25, -0.2) is 0 Å². The Kier molecular flexibility index (Phi) is 4.45. The topological polar surface area (TPSA) is 9.23 Å². The molecule has 1 unspecified atom stereocenters. The Hall–Kier alpha value is -0.550. The first-order valence-electron chi connectivity index (χ1n) is 6.60. The molecular weight excluding hydrogens is 227 g/mol. The average Bonchev–Trinajstić information content (AvgIpc) is 2.38. The van der Waals surface area contributed by atoms with Crippen molar-refractivity contribution in [2.75, 3.05) is 7.11 Å². The van der Waals surface area contributed by atoms with Crippen molar-refractivity contribution in [3.05, 3.63) is 29.8 Å². The first-order valence-corrected chi connectivity index (χ1v) is 7.81. The lowest BCUT2D eigenvalue weighted by atomic mass is 9.90. The minimum absolute atomic E-state index is 0.596. The van der Waals surface area contributed by atoms with Gasteiger partial charge in [-0.3, -0.25) is 0 Å².